The lowest BCUT2D eigenvalue weighted by Crippen LogP contribution is -2.28. The molecule has 7 nitrogen and oxygen atoms in total. The second-order valence-corrected chi connectivity index (χ2v) is 5.92. The topological polar surface area (TPSA) is 90.9 Å². The first-order valence-corrected chi connectivity index (χ1v) is 8.75. The maximum Gasteiger partial charge on any atom is 0.306 e. The Balaban J connectivity index is 1.70. The lowest BCUT2D eigenvalue weighted by molar-refractivity contribution is -0.148. The standard InChI is InChI=1S/C21H23NO6/c1-26-18-10-8-15(12-19(18)27-2)13-22-20(24)14-28-21(25)11-9-17(23)16-6-4-3-5-7-16/h3-8,10,12H,9,11,13-14H2,1-2H3,(H,22,24). The number of carbonyl (C=O) groups is 3. The Morgan fingerprint density at radius 1 is 0.893 bits per heavy atom. The van der Waals surface area contributed by atoms with E-state index in [0.29, 0.717) is 17.1 Å². The van der Waals surface area contributed by atoms with Gasteiger partial charge in [0.15, 0.2) is 23.9 Å². The minimum absolute atomic E-state index is 0.0378. The number of benzene rings is 2. The first-order chi connectivity index (χ1) is 13.5. The molecule has 7 heteroatoms. The van der Waals surface area contributed by atoms with Crippen molar-refractivity contribution in [1.29, 1.82) is 0 Å². The first-order valence-electron chi connectivity index (χ1n) is 8.75. The molecule has 0 aliphatic heterocycles. The van der Waals surface area contributed by atoms with Gasteiger partial charge in [0.05, 0.1) is 20.6 Å². The fourth-order valence-electron chi connectivity index (χ4n) is 2.44. The zero-order chi connectivity index (χ0) is 20.4. The number of Topliss-reactive ketones (excluding diaryl/α,β-unsaturated/α-hetero) is 1. The number of carbonyl (C=O) groups excluding carboxylic acids is 3. The summed E-state index contributed by atoms with van der Waals surface area (Å²) in [4.78, 5) is 35.5. The Hall–Kier alpha value is -3.35. The Bertz CT molecular complexity index is 819. The maximum atomic E-state index is 11.9. The summed E-state index contributed by atoms with van der Waals surface area (Å²) in [5.74, 6) is -0.0150. The lowest BCUT2D eigenvalue weighted by atomic mass is 10.1. The monoisotopic (exact) mass is 385 g/mol. The van der Waals surface area contributed by atoms with Crippen LogP contribution in [-0.4, -0.2) is 38.5 Å². The highest BCUT2D eigenvalue weighted by molar-refractivity contribution is 5.97. The van der Waals surface area contributed by atoms with E-state index in [2.05, 4.69) is 5.32 Å². The van der Waals surface area contributed by atoms with Crippen molar-refractivity contribution in [2.45, 2.75) is 19.4 Å². The number of hydrogen-bond acceptors (Lipinski definition) is 6. The molecule has 28 heavy (non-hydrogen) atoms. The molecule has 0 aliphatic carbocycles. The van der Waals surface area contributed by atoms with E-state index < -0.39 is 18.5 Å². The summed E-state index contributed by atoms with van der Waals surface area (Å²) < 4.78 is 15.3. The van der Waals surface area contributed by atoms with E-state index >= 15 is 0 Å². The molecule has 0 fully saturated rings. The van der Waals surface area contributed by atoms with Crippen LogP contribution in [0.3, 0.4) is 0 Å². The van der Waals surface area contributed by atoms with Gasteiger partial charge in [0.2, 0.25) is 0 Å². The van der Waals surface area contributed by atoms with Gasteiger partial charge in [-0.1, -0.05) is 36.4 Å². The van der Waals surface area contributed by atoms with Crippen LogP contribution >= 0.6 is 0 Å². The molecular weight excluding hydrogens is 362 g/mol. The lowest BCUT2D eigenvalue weighted by Gasteiger charge is -2.10. The number of ketones is 1. The number of esters is 1. The quantitative estimate of drug-likeness (QED) is 0.499. The van der Waals surface area contributed by atoms with Crippen molar-refractivity contribution in [3.8, 4) is 11.5 Å². The summed E-state index contributed by atoms with van der Waals surface area (Å²) in [5.41, 5.74) is 1.36. The third kappa shape index (κ3) is 6.42. The third-order valence-electron chi connectivity index (χ3n) is 3.95. The number of ether oxygens (including phenoxy) is 3. The van der Waals surface area contributed by atoms with Crippen LogP contribution in [0.15, 0.2) is 48.5 Å². The molecule has 0 heterocycles. The molecule has 0 radical (unpaired) electrons. The van der Waals surface area contributed by atoms with Gasteiger partial charge in [-0.2, -0.15) is 0 Å². The molecule has 0 aliphatic rings. The van der Waals surface area contributed by atoms with Crippen LogP contribution in [0.2, 0.25) is 0 Å². The number of methoxy groups -OCH3 is 2. The van der Waals surface area contributed by atoms with Crippen molar-refractivity contribution in [2.24, 2.45) is 0 Å². The number of amides is 1. The summed E-state index contributed by atoms with van der Waals surface area (Å²) in [5, 5.41) is 2.65. The van der Waals surface area contributed by atoms with Crippen molar-refractivity contribution >= 4 is 17.7 Å². The molecule has 0 saturated heterocycles. The Labute approximate surface area is 163 Å². The van der Waals surface area contributed by atoms with E-state index in [0.717, 1.165) is 5.56 Å². The molecule has 2 aromatic rings. The fourth-order valence-corrected chi connectivity index (χ4v) is 2.44. The van der Waals surface area contributed by atoms with Gasteiger partial charge in [0, 0.05) is 18.5 Å². The molecule has 0 bridgehead atoms. The largest absolute Gasteiger partial charge is 0.493 e. The fraction of sp³-hybridized carbons (Fsp3) is 0.286. The highest BCUT2D eigenvalue weighted by Crippen LogP contribution is 2.27. The van der Waals surface area contributed by atoms with Crippen LogP contribution in [0, 0.1) is 0 Å². The van der Waals surface area contributed by atoms with Crippen LogP contribution in [0.25, 0.3) is 0 Å². The van der Waals surface area contributed by atoms with Crippen LogP contribution < -0.4 is 14.8 Å². The highest BCUT2D eigenvalue weighted by atomic mass is 16.5. The van der Waals surface area contributed by atoms with Crippen molar-refractivity contribution in [3.63, 3.8) is 0 Å². The van der Waals surface area contributed by atoms with Gasteiger partial charge < -0.3 is 19.5 Å². The molecule has 2 aromatic carbocycles. The van der Waals surface area contributed by atoms with E-state index in [1.54, 1.807) is 49.6 Å². The third-order valence-corrected chi connectivity index (χ3v) is 3.95. The normalized spacial score (nSPS) is 10.1. The summed E-state index contributed by atoms with van der Waals surface area (Å²) in [6, 6.07) is 14.0. The number of nitrogens with one attached hydrogen (secondary N) is 1. The SMILES string of the molecule is COc1ccc(CNC(=O)COC(=O)CCC(=O)c2ccccc2)cc1OC. The predicted molar refractivity (Wildman–Crippen MR) is 102 cm³/mol. The Morgan fingerprint density at radius 3 is 2.29 bits per heavy atom. The van der Waals surface area contributed by atoms with E-state index in [-0.39, 0.29) is 25.2 Å². The summed E-state index contributed by atoms with van der Waals surface area (Å²) in [6.07, 6.45) is -0.0349. The second-order valence-electron chi connectivity index (χ2n) is 5.92. The molecular formula is C21H23NO6. The van der Waals surface area contributed by atoms with Gasteiger partial charge in [0.25, 0.3) is 5.91 Å². The van der Waals surface area contributed by atoms with Gasteiger partial charge in [0.1, 0.15) is 0 Å². The predicted octanol–water partition coefficient (Wildman–Crippen LogP) is 2.53. The molecule has 148 valence electrons. The van der Waals surface area contributed by atoms with E-state index in [4.69, 9.17) is 14.2 Å². The van der Waals surface area contributed by atoms with E-state index in [9.17, 15) is 14.4 Å². The van der Waals surface area contributed by atoms with E-state index in [1.165, 1.54) is 7.11 Å². The average Bonchev–Trinajstić information content (AvgIpc) is 2.74. The van der Waals surface area contributed by atoms with Gasteiger partial charge in [-0.15, -0.1) is 0 Å². The minimum Gasteiger partial charge on any atom is -0.493 e. The zero-order valence-corrected chi connectivity index (χ0v) is 15.9. The van der Waals surface area contributed by atoms with Gasteiger partial charge >= 0.3 is 5.97 Å². The first kappa shape index (κ1) is 21.0. The molecule has 0 spiro atoms. The molecule has 2 rings (SSSR count). The number of rotatable bonds is 10. The second kappa shape index (κ2) is 10.7. The van der Waals surface area contributed by atoms with Gasteiger partial charge in [-0.3, -0.25) is 14.4 Å². The Morgan fingerprint density at radius 2 is 1.61 bits per heavy atom. The molecule has 0 atom stereocenters. The van der Waals surface area contributed by atoms with Crippen LogP contribution in [0.1, 0.15) is 28.8 Å². The minimum atomic E-state index is -0.592. The van der Waals surface area contributed by atoms with E-state index in [1.807, 2.05) is 6.07 Å². The van der Waals surface area contributed by atoms with Crippen molar-refractivity contribution in [1.82, 2.24) is 5.32 Å². The molecule has 0 aromatic heterocycles. The molecule has 1 amide bonds. The average molecular weight is 385 g/mol. The molecule has 1 N–H and O–H groups in total. The maximum absolute atomic E-state index is 11.9. The summed E-state index contributed by atoms with van der Waals surface area (Å²) in [7, 11) is 3.07. The van der Waals surface area contributed by atoms with Crippen LogP contribution in [0.5, 0.6) is 11.5 Å². The van der Waals surface area contributed by atoms with Crippen molar-refractivity contribution in [2.75, 3.05) is 20.8 Å². The van der Waals surface area contributed by atoms with Crippen LogP contribution in [-0.2, 0) is 20.9 Å². The van der Waals surface area contributed by atoms with Crippen LogP contribution in [0.4, 0.5) is 0 Å². The van der Waals surface area contributed by atoms with Crippen molar-refractivity contribution < 1.29 is 28.6 Å². The molecule has 0 unspecified atom stereocenters. The molecule has 0 saturated carbocycles. The summed E-state index contributed by atoms with van der Waals surface area (Å²) in [6.45, 7) is -0.144. The number of hydrogen-bond donors (Lipinski definition) is 1. The smallest absolute Gasteiger partial charge is 0.306 e. The Kier molecular flexibility index (Phi) is 8.02. The van der Waals surface area contributed by atoms with Gasteiger partial charge in [-0.05, 0) is 17.7 Å². The van der Waals surface area contributed by atoms with Crippen molar-refractivity contribution in [3.05, 3.63) is 59.7 Å². The highest BCUT2D eigenvalue weighted by Gasteiger charge is 2.12. The van der Waals surface area contributed by atoms with Gasteiger partial charge in [-0.25, -0.2) is 0 Å². The summed E-state index contributed by atoms with van der Waals surface area (Å²) >= 11 is 0. The zero-order valence-electron chi connectivity index (χ0n) is 15.9.